The van der Waals surface area contributed by atoms with Gasteiger partial charge in [0.05, 0.1) is 0 Å². The van der Waals surface area contributed by atoms with Crippen LogP contribution in [0.1, 0.15) is 36.0 Å². The Morgan fingerprint density at radius 3 is 2.68 bits per heavy atom. The van der Waals surface area contributed by atoms with Crippen LogP contribution in [0.4, 0.5) is 5.69 Å². The van der Waals surface area contributed by atoms with Crippen LogP contribution in [-0.4, -0.2) is 25.0 Å². The van der Waals surface area contributed by atoms with Crippen molar-refractivity contribution in [2.75, 3.05) is 18.0 Å². The first kappa shape index (κ1) is 17.5. The number of carbonyl (C=O) groups excluding carboxylic acids is 1. The van der Waals surface area contributed by atoms with Gasteiger partial charge in [-0.15, -0.1) is 0 Å². The minimum absolute atomic E-state index is 0.151. The van der Waals surface area contributed by atoms with Crippen molar-refractivity contribution >= 4 is 11.6 Å². The number of rotatable bonds is 6. The summed E-state index contributed by atoms with van der Waals surface area (Å²) < 4.78 is 0. The zero-order valence-corrected chi connectivity index (χ0v) is 15.3. The van der Waals surface area contributed by atoms with Gasteiger partial charge in [-0.05, 0) is 61.9 Å². The third kappa shape index (κ3) is 4.62. The summed E-state index contributed by atoms with van der Waals surface area (Å²) in [7, 11) is 0. The second kappa shape index (κ2) is 8.19. The molecule has 3 heteroatoms. The Morgan fingerprint density at radius 2 is 1.92 bits per heavy atom. The lowest BCUT2D eigenvalue weighted by molar-refractivity contribution is -0.121. The van der Waals surface area contributed by atoms with E-state index in [0.29, 0.717) is 12.5 Å². The topological polar surface area (TPSA) is 32.3 Å². The first-order valence-corrected chi connectivity index (χ1v) is 9.28. The Bertz CT molecular complexity index is 711. The maximum absolute atomic E-state index is 12.2. The molecule has 1 heterocycles. The molecule has 0 aromatic heterocycles. The van der Waals surface area contributed by atoms with Crippen LogP contribution in [0.2, 0.25) is 0 Å². The maximum atomic E-state index is 12.2. The molecule has 1 amide bonds. The van der Waals surface area contributed by atoms with Crippen LogP contribution in [0.5, 0.6) is 0 Å². The molecule has 25 heavy (non-hydrogen) atoms. The molecule has 3 rings (SSSR count). The van der Waals surface area contributed by atoms with Crippen molar-refractivity contribution in [1.82, 2.24) is 5.32 Å². The van der Waals surface area contributed by atoms with Gasteiger partial charge in [-0.2, -0.15) is 0 Å². The highest BCUT2D eigenvalue weighted by molar-refractivity contribution is 5.76. The van der Waals surface area contributed by atoms with E-state index in [1.807, 2.05) is 6.07 Å². The van der Waals surface area contributed by atoms with Crippen molar-refractivity contribution in [3.63, 3.8) is 0 Å². The molecule has 0 spiro atoms. The largest absolute Gasteiger partial charge is 0.367 e. The van der Waals surface area contributed by atoms with Crippen LogP contribution in [0.15, 0.2) is 48.5 Å². The van der Waals surface area contributed by atoms with Gasteiger partial charge in [-0.25, -0.2) is 0 Å². The number of benzene rings is 2. The lowest BCUT2D eigenvalue weighted by Crippen LogP contribution is -2.40. The van der Waals surface area contributed by atoms with Crippen molar-refractivity contribution in [1.29, 1.82) is 0 Å². The molecule has 1 aliphatic heterocycles. The second-order valence-electron chi connectivity index (χ2n) is 7.05. The van der Waals surface area contributed by atoms with Gasteiger partial charge in [-0.1, -0.05) is 36.4 Å². The van der Waals surface area contributed by atoms with Gasteiger partial charge in [0.2, 0.25) is 5.91 Å². The smallest absolute Gasteiger partial charge is 0.220 e. The Hall–Kier alpha value is -2.29. The standard InChI is InChI=1S/C22H28N2O/c1-17-10-11-19(15-18(17)2)12-13-22(25)23-16-21-9-6-14-24(21)20-7-4-3-5-8-20/h3-5,7-8,10-11,15,21H,6,9,12-14,16H2,1-2H3,(H,23,25). The molecule has 2 aromatic carbocycles. The monoisotopic (exact) mass is 336 g/mol. The molecular formula is C22H28N2O. The Labute approximate surface area is 151 Å². The van der Waals surface area contributed by atoms with Crippen molar-refractivity contribution < 1.29 is 4.79 Å². The number of amides is 1. The summed E-state index contributed by atoms with van der Waals surface area (Å²) >= 11 is 0. The molecule has 1 atom stereocenters. The van der Waals surface area contributed by atoms with E-state index in [-0.39, 0.29) is 5.91 Å². The molecule has 0 bridgehead atoms. The fourth-order valence-electron chi connectivity index (χ4n) is 3.54. The normalized spacial score (nSPS) is 16.9. The van der Waals surface area contributed by atoms with Gasteiger partial charge >= 0.3 is 0 Å². The predicted molar refractivity (Wildman–Crippen MR) is 104 cm³/mol. The summed E-state index contributed by atoms with van der Waals surface area (Å²) in [6, 6.07) is 17.4. The number of anilines is 1. The van der Waals surface area contributed by atoms with Gasteiger partial charge in [0, 0.05) is 31.2 Å². The van der Waals surface area contributed by atoms with E-state index in [0.717, 1.165) is 25.9 Å². The fourth-order valence-corrected chi connectivity index (χ4v) is 3.54. The van der Waals surface area contributed by atoms with Crippen LogP contribution in [0.25, 0.3) is 0 Å². The van der Waals surface area contributed by atoms with Crippen LogP contribution in [-0.2, 0) is 11.2 Å². The van der Waals surface area contributed by atoms with E-state index in [2.05, 4.69) is 66.5 Å². The maximum Gasteiger partial charge on any atom is 0.220 e. The summed E-state index contributed by atoms with van der Waals surface area (Å²) in [5.74, 6) is 0.151. The summed E-state index contributed by atoms with van der Waals surface area (Å²) in [6.07, 6.45) is 3.70. The zero-order chi connectivity index (χ0) is 17.6. The molecule has 0 aliphatic carbocycles. The Balaban J connectivity index is 1.47. The highest BCUT2D eigenvalue weighted by Gasteiger charge is 2.24. The summed E-state index contributed by atoms with van der Waals surface area (Å²) in [4.78, 5) is 14.7. The van der Waals surface area contributed by atoms with E-state index in [4.69, 9.17) is 0 Å². The fraction of sp³-hybridized carbons (Fsp3) is 0.409. The summed E-state index contributed by atoms with van der Waals surface area (Å²) in [5.41, 5.74) is 5.09. The second-order valence-corrected chi connectivity index (χ2v) is 7.05. The lowest BCUT2D eigenvalue weighted by Gasteiger charge is -2.27. The van der Waals surface area contributed by atoms with E-state index in [1.54, 1.807) is 0 Å². The minimum atomic E-state index is 0.151. The molecule has 1 unspecified atom stereocenters. The van der Waals surface area contributed by atoms with Gasteiger partial charge < -0.3 is 10.2 Å². The number of hydrogen-bond donors (Lipinski definition) is 1. The van der Waals surface area contributed by atoms with Crippen molar-refractivity contribution in [3.05, 3.63) is 65.2 Å². The average Bonchev–Trinajstić information content (AvgIpc) is 3.10. The van der Waals surface area contributed by atoms with Gasteiger partial charge in [0.25, 0.3) is 0 Å². The molecule has 1 saturated heterocycles. The minimum Gasteiger partial charge on any atom is -0.367 e. The lowest BCUT2D eigenvalue weighted by atomic mass is 10.0. The molecular weight excluding hydrogens is 308 g/mol. The quantitative estimate of drug-likeness (QED) is 0.864. The van der Waals surface area contributed by atoms with Gasteiger partial charge in [-0.3, -0.25) is 4.79 Å². The van der Waals surface area contributed by atoms with E-state index >= 15 is 0 Å². The van der Waals surface area contributed by atoms with E-state index < -0.39 is 0 Å². The molecule has 0 saturated carbocycles. The van der Waals surface area contributed by atoms with Gasteiger partial charge in [0.1, 0.15) is 0 Å². The molecule has 0 radical (unpaired) electrons. The predicted octanol–water partition coefficient (Wildman–Crippen LogP) is 4.02. The number of hydrogen-bond acceptors (Lipinski definition) is 2. The van der Waals surface area contributed by atoms with Crippen LogP contribution >= 0.6 is 0 Å². The first-order chi connectivity index (χ1) is 12.1. The first-order valence-electron chi connectivity index (χ1n) is 9.28. The molecule has 3 nitrogen and oxygen atoms in total. The number of nitrogens with one attached hydrogen (secondary N) is 1. The number of aryl methyl sites for hydroxylation is 3. The van der Waals surface area contributed by atoms with E-state index in [9.17, 15) is 4.79 Å². The van der Waals surface area contributed by atoms with Crippen LogP contribution in [0, 0.1) is 13.8 Å². The zero-order valence-electron chi connectivity index (χ0n) is 15.3. The SMILES string of the molecule is Cc1ccc(CCC(=O)NCC2CCCN2c2ccccc2)cc1C. The molecule has 132 valence electrons. The Kier molecular flexibility index (Phi) is 5.75. The highest BCUT2D eigenvalue weighted by Crippen LogP contribution is 2.24. The van der Waals surface area contributed by atoms with Crippen molar-refractivity contribution in [2.24, 2.45) is 0 Å². The van der Waals surface area contributed by atoms with Crippen LogP contribution in [0.3, 0.4) is 0 Å². The average molecular weight is 336 g/mol. The molecule has 2 aromatic rings. The van der Waals surface area contributed by atoms with Crippen LogP contribution < -0.4 is 10.2 Å². The molecule has 1 N–H and O–H groups in total. The molecule has 1 fully saturated rings. The summed E-state index contributed by atoms with van der Waals surface area (Å²) in [5, 5.41) is 3.14. The van der Waals surface area contributed by atoms with Crippen molar-refractivity contribution in [2.45, 2.75) is 45.6 Å². The number of nitrogens with zero attached hydrogens (tertiary/aromatic N) is 1. The number of carbonyl (C=O) groups is 1. The third-order valence-electron chi connectivity index (χ3n) is 5.21. The third-order valence-corrected chi connectivity index (χ3v) is 5.21. The number of para-hydroxylation sites is 1. The van der Waals surface area contributed by atoms with Crippen molar-refractivity contribution in [3.8, 4) is 0 Å². The van der Waals surface area contributed by atoms with E-state index in [1.165, 1.54) is 28.8 Å². The summed E-state index contributed by atoms with van der Waals surface area (Å²) in [6.45, 7) is 6.05. The molecule has 1 aliphatic rings. The van der Waals surface area contributed by atoms with Gasteiger partial charge in [0.15, 0.2) is 0 Å². The highest BCUT2D eigenvalue weighted by atomic mass is 16.1. The Morgan fingerprint density at radius 1 is 1.12 bits per heavy atom.